The van der Waals surface area contributed by atoms with E-state index in [9.17, 15) is 19.5 Å². The second-order valence-electron chi connectivity index (χ2n) is 17.0. The summed E-state index contributed by atoms with van der Waals surface area (Å²) in [5, 5.41) is 16.2. The zero-order valence-electron chi connectivity index (χ0n) is 37.9. The van der Waals surface area contributed by atoms with Crippen LogP contribution in [0, 0.1) is 11.8 Å². The highest BCUT2D eigenvalue weighted by atomic mass is 16.5. The lowest BCUT2D eigenvalue weighted by Gasteiger charge is -2.29. The lowest BCUT2D eigenvalue weighted by Crippen LogP contribution is -2.47. The van der Waals surface area contributed by atoms with Gasteiger partial charge in [0.05, 0.1) is 18.9 Å². The summed E-state index contributed by atoms with van der Waals surface area (Å²) in [6.07, 6.45) is 31.4. The highest BCUT2D eigenvalue weighted by Gasteiger charge is 2.37. The van der Waals surface area contributed by atoms with Crippen molar-refractivity contribution in [1.29, 1.82) is 0 Å². The van der Waals surface area contributed by atoms with Crippen LogP contribution in [0.25, 0.3) is 0 Å². The number of carbonyl (C=O) groups excluding carboxylic acids is 3. The summed E-state index contributed by atoms with van der Waals surface area (Å²) >= 11 is 0. The summed E-state index contributed by atoms with van der Waals surface area (Å²) in [6.45, 7) is 13.9. The normalized spacial score (nSPS) is 14.2. The van der Waals surface area contributed by atoms with E-state index in [-0.39, 0.29) is 17.7 Å². The van der Waals surface area contributed by atoms with Crippen molar-refractivity contribution in [2.75, 3.05) is 46.4 Å². The molecule has 57 heavy (non-hydrogen) atoms. The molecule has 3 N–H and O–H groups in total. The Morgan fingerprint density at radius 2 is 0.982 bits per heavy atom. The molecule has 0 radical (unpaired) electrons. The molecule has 1 aliphatic rings. The Hall–Kier alpha value is -2.13. The summed E-state index contributed by atoms with van der Waals surface area (Å²) in [5.41, 5.74) is 1.10. The van der Waals surface area contributed by atoms with Crippen molar-refractivity contribution in [2.45, 2.75) is 220 Å². The van der Waals surface area contributed by atoms with Crippen molar-refractivity contribution < 1.29 is 29.0 Å². The first-order valence-corrected chi connectivity index (χ1v) is 24.2. The van der Waals surface area contributed by atoms with E-state index >= 15 is 0 Å². The van der Waals surface area contributed by atoms with Gasteiger partial charge in [0.25, 0.3) is 0 Å². The largest absolute Gasteiger partial charge is 0.465 e. The summed E-state index contributed by atoms with van der Waals surface area (Å²) in [6, 6.07) is 0. The Morgan fingerprint density at radius 1 is 0.579 bits per heavy atom. The van der Waals surface area contributed by atoms with Gasteiger partial charge in [0.15, 0.2) is 6.10 Å². The van der Waals surface area contributed by atoms with Gasteiger partial charge in [-0.3, -0.25) is 14.4 Å². The molecular formula is C48H91N3O6. The molecule has 0 bridgehead atoms. The lowest BCUT2D eigenvalue weighted by molar-refractivity contribution is -0.146. The minimum atomic E-state index is -1.03. The van der Waals surface area contributed by atoms with E-state index in [0.29, 0.717) is 55.8 Å². The third-order valence-electron chi connectivity index (χ3n) is 11.8. The van der Waals surface area contributed by atoms with Crippen molar-refractivity contribution in [2.24, 2.45) is 11.8 Å². The Kier molecular flexibility index (Phi) is 34.2. The Labute approximate surface area is 351 Å². The molecule has 0 aromatic carbocycles. The Morgan fingerprint density at radius 3 is 1.44 bits per heavy atom. The van der Waals surface area contributed by atoms with E-state index in [1.165, 1.54) is 89.9 Å². The first-order chi connectivity index (χ1) is 27.8. The predicted octanol–water partition coefficient (Wildman–Crippen LogP) is 11.0. The molecule has 0 heterocycles. The second kappa shape index (κ2) is 36.9. The number of ether oxygens (including phenoxy) is 2. The van der Waals surface area contributed by atoms with Crippen LogP contribution in [0.15, 0.2) is 11.4 Å². The number of ketones is 1. The molecule has 0 aromatic rings. The molecule has 1 rings (SSSR count). The van der Waals surface area contributed by atoms with E-state index in [0.717, 1.165) is 103 Å². The Bertz CT molecular complexity index is 1020. The molecule has 0 spiro atoms. The molecule has 0 aromatic heterocycles. The number of aliphatic hydroxyl groups is 1. The zero-order chi connectivity index (χ0) is 41.8. The highest BCUT2D eigenvalue weighted by Crippen LogP contribution is 2.21. The van der Waals surface area contributed by atoms with Gasteiger partial charge >= 0.3 is 11.9 Å². The standard InChI is InChI=1S/C48H91N3O6/c1-6-10-14-22-31-42(32-23-15-11-7-2)40-57-44(53)34-25-19-17-21-27-37-51(38-28-35-50-46-45(49-5)47(54)48(46)55)36-26-20-16-18-24-33-43(52)56-39-41(29-12-8-3)30-13-9-4/h41-42,48-50,55H,6-40H2,1-5H3. The monoisotopic (exact) mass is 806 g/mol. The van der Waals surface area contributed by atoms with Gasteiger partial charge in [-0.1, -0.05) is 143 Å². The number of nitrogens with zero attached hydrogens (tertiary/aromatic N) is 1. The van der Waals surface area contributed by atoms with E-state index in [1.54, 1.807) is 7.05 Å². The van der Waals surface area contributed by atoms with Crippen molar-refractivity contribution in [3.05, 3.63) is 11.4 Å². The fraction of sp³-hybridized carbons (Fsp3) is 0.896. The van der Waals surface area contributed by atoms with Gasteiger partial charge in [0.1, 0.15) is 5.70 Å². The topological polar surface area (TPSA) is 117 Å². The number of likely N-dealkylation sites (N-methyl/N-ethyl adjacent to an activating group) is 1. The van der Waals surface area contributed by atoms with Crippen LogP contribution in [0.2, 0.25) is 0 Å². The average molecular weight is 806 g/mol. The van der Waals surface area contributed by atoms with Crippen molar-refractivity contribution in [1.82, 2.24) is 15.5 Å². The number of hydrogen-bond donors (Lipinski definition) is 3. The molecular weight excluding hydrogens is 715 g/mol. The van der Waals surface area contributed by atoms with Crippen LogP contribution < -0.4 is 10.6 Å². The number of carbonyl (C=O) groups is 3. The Balaban J connectivity index is 2.37. The number of rotatable bonds is 42. The molecule has 1 atom stereocenters. The molecule has 0 fully saturated rings. The molecule has 9 nitrogen and oxygen atoms in total. The number of aliphatic hydroxyl groups excluding tert-OH is 1. The second-order valence-corrected chi connectivity index (χ2v) is 17.0. The van der Waals surface area contributed by atoms with Crippen LogP contribution in [0.5, 0.6) is 0 Å². The minimum Gasteiger partial charge on any atom is -0.465 e. The summed E-state index contributed by atoms with van der Waals surface area (Å²) < 4.78 is 11.5. The maximum absolute atomic E-state index is 12.6. The third kappa shape index (κ3) is 27.3. The third-order valence-corrected chi connectivity index (χ3v) is 11.8. The van der Waals surface area contributed by atoms with E-state index in [2.05, 4.69) is 43.2 Å². The van der Waals surface area contributed by atoms with Gasteiger partial charge in [0, 0.05) is 26.4 Å². The van der Waals surface area contributed by atoms with Crippen molar-refractivity contribution in [3.8, 4) is 0 Å². The number of unbranched alkanes of at least 4 members (excludes halogenated alkanes) is 16. The van der Waals surface area contributed by atoms with Gasteiger partial charge in [-0.15, -0.1) is 0 Å². The van der Waals surface area contributed by atoms with E-state index in [4.69, 9.17) is 9.47 Å². The zero-order valence-corrected chi connectivity index (χ0v) is 37.9. The van der Waals surface area contributed by atoms with E-state index < -0.39 is 6.10 Å². The molecule has 334 valence electrons. The van der Waals surface area contributed by atoms with Crippen LogP contribution in [0.4, 0.5) is 0 Å². The quantitative estimate of drug-likeness (QED) is 0.0409. The van der Waals surface area contributed by atoms with Crippen LogP contribution in [0.1, 0.15) is 214 Å². The maximum atomic E-state index is 12.6. The first kappa shape index (κ1) is 52.9. The van der Waals surface area contributed by atoms with Gasteiger partial charge < -0.3 is 30.1 Å². The van der Waals surface area contributed by atoms with Crippen LogP contribution >= 0.6 is 0 Å². The molecule has 1 unspecified atom stereocenters. The molecule has 1 aliphatic carbocycles. The summed E-state index contributed by atoms with van der Waals surface area (Å²) in [4.78, 5) is 39.4. The van der Waals surface area contributed by atoms with Crippen LogP contribution in [0.3, 0.4) is 0 Å². The van der Waals surface area contributed by atoms with E-state index in [1.807, 2.05) is 0 Å². The number of nitrogens with one attached hydrogen (secondary N) is 2. The minimum absolute atomic E-state index is 0.0213. The molecule has 0 amide bonds. The maximum Gasteiger partial charge on any atom is 0.305 e. The van der Waals surface area contributed by atoms with Crippen LogP contribution in [-0.2, 0) is 23.9 Å². The summed E-state index contributed by atoms with van der Waals surface area (Å²) in [5.74, 6) is 0.727. The summed E-state index contributed by atoms with van der Waals surface area (Å²) in [7, 11) is 1.71. The fourth-order valence-electron chi connectivity index (χ4n) is 7.93. The average Bonchev–Trinajstić information content (AvgIpc) is 3.21. The van der Waals surface area contributed by atoms with Gasteiger partial charge in [-0.05, 0) is 89.3 Å². The molecule has 0 aliphatic heterocycles. The molecule has 9 heteroatoms. The van der Waals surface area contributed by atoms with Gasteiger partial charge in [0.2, 0.25) is 5.78 Å². The smallest absolute Gasteiger partial charge is 0.305 e. The van der Waals surface area contributed by atoms with Crippen molar-refractivity contribution in [3.63, 3.8) is 0 Å². The van der Waals surface area contributed by atoms with Crippen LogP contribution in [-0.4, -0.2) is 80.3 Å². The molecule has 0 saturated carbocycles. The highest BCUT2D eigenvalue weighted by molar-refractivity contribution is 6.07. The SMILES string of the molecule is CCCCCCC(CCCCCC)COC(=O)CCCCCCCN(CCCCCCCC(=O)OCC(CCCC)CCCC)CCCNC1=C(NC)C(=O)C1O. The number of hydrogen-bond acceptors (Lipinski definition) is 9. The predicted molar refractivity (Wildman–Crippen MR) is 237 cm³/mol. The lowest BCUT2D eigenvalue weighted by atomic mass is 9.95. The van der Waals surface area contributed by atoms with Crippen molar-refractivity contribution >= 4 is 17.7 Å². The fourth-order valence-corrected chi connectivity index (χ4v) is 7.93. The molecule has 0 saturated heterocycles. The number of esters is 2. The van der Waals surface area contributed by atoms with Gasteiger partial charge in [-0.25, -0.2) is 0 Å². The number of Topliss-reactive ketones (excluding diaryl/α,β-unsaturated/α-hetero) is 1. The first-order valence-electron chi connectivity index (χ1n) is 24.2. The van der Waals surface area contributed by atoms with Gasteiger partial charge in [-0.2, -0.15) is 0 Å².